The zero-order valence-electron chi connectivity index (χ0n) is 15.2. The van der Waals surface area contributed by atoms with Gasteiger partial charge in [-0.05, 0) is 6.42 Å². The summed E-state index contributed by atoms with van der Waals surface area (Å²) in [6.45, 7) is 7.98. The van der Waals surface area contributed by atoms with Crippen molar-refractivity contribution in [3.05, 3.63) is 0 Å². The Labute approximate surface area is 143 Å². The molecule has 5 nitrogen and oxygen atoms in total. The van der Waals surface area contributed by atoms with E-state index in [2.05, 4.69) is 6.92 Å². The molecule has 0 amide bonds. The van der Waals surface area contributed by atoms with Gasteiger partial charge < -0.3 is 24.7 Å². The molecular weight excluding hydrogens is 294 g/mol. The molecule has 0 radical (unpaired) electrons. The van der Waals surface area contributed by atoms with Gasteiger partial charge >= 0.3 is 0 Å². The van der Waals surface area contributed by atoms with Crippen LogP contribution < -0.4 is 5.73 Å². The third-order valence-electron chi connectivity index (χ3n) is 3.52. The van der Waals surface area contributed by atoms with Crippen LogP contribution in [0.25, 0.3) is 0 Å². The Morgan fingerprint density at radius 3 is 1.35 bits per heavy atom. The van der Waals surface area contributed by atoms with Crippen molar-refractivity contribution in [2.24, 2.45) is 5.73 Å². The standard InChI is InChI=1S/C18H39NO4/c1-2-3-4-5-6-7-8-9-11-20-13-15-22-17-18-23-16-14-21-12-10-19/h2-19H2,1H3. The van der Waals surface area contributed by atoms with E-state index in [0.717, 1.165) is 6.61 Å². The molecule has 0 atom stereocenters. The number of hydrogen-bond donors (Lipinski definition) is 1. The summed E-state index contributed by atoms with van der Waals surface area (Å²) in [5.74, 6) is 0. The van der Waals surface area contributed by atoms with E-state index in [1.165, 1.54) is 51.4 Å². The highest BCUT2D eigenvalue weighted by atomic mass is 16.6. The van der Waals surface area contributed by atoms with Gasteiger partial charge in [0.25, 0.3) is 0 Å². The molecule has 2 N–H and O–H groups in total. The zero-order valence-corrected chi connectivity index (χ0v) is 15.2. The van der Waals surface area contributed by atoms with Crippen LogP contribution >= 0.6 is 0 Å². The second kappa shape index (κ2) is 21.8. The second-order valence-electron chi connectivity index (χ2n) is 5.71. The predicted octanol–water partition coefficient (Wildman–Crippen LogP) is 3.15. The van der Waals surface area contributed by atoms with Gasteiger partial charge in [0.15, 0.2) is 0 Å². The first-order chi connectivity index (χ1) is 11.4. The summed E-state index contributed by atoms with van der Waals surface area (Å²) in [7, 11) is 0. The largest absolute Gasteiger partial charge is 0.379 e. The average Bonchev–Trinajstić information content (AvgIpc) is 2.57. The van der Waals surface area contributed by atoms with Gasteiger partial charge in [-0.25, -0.2) is 0 Å². The number of nitrogens with two attached hydrogens (primary N) is 1. The first kappa shape index (κ1) is 22.8. The van der Waals surface area contributed by atoms with Crippen LogP contribution in [0.15, 0.2) is 0 Å². The summed E-state index contributed by atoms with van der Waals surface area (Å²) >= 11 is 0. The van der Waals surface area contributed by atoms with Crippen molar-refractivity contribution in [2.75, 3.05) is 59.4 Å². The van der Waals surface area contributed by atoms with Gasteiger partial charge in [-0.1, -0.05) is 51.9 Å². The van der Waals surface area contributed by atoms with E-state index in [1.54, 1.807) is 0 Å². The SMILES string of the molecule is CCCCCCCCCCOCCOCCOCCOCCN. The molecule has 0 saturated heterocycles. The molecule has 0 fully saturated rings. The Kier molecular flexibility index (Phi) is 21.6. The lowest BCUT2D eigenvalue weighted by Crippen LogP contribution is -2.14. The van der Waals surface area contributed by atoms with E-state index in [0.29, 0.717) is 52.8 Å². The van der Waals surface area contributed by atoms with E-state index in [4.69, 9.17) is 24.7 Å². The molecule has 0 aromatic carbocycles. The topological polar surface area (TPSA) is 62.9 Å². The van der Waals surface area contributed by atoms with Crippen molar-refractivity contribution in [3.63, 3.8) is 0 Å². The maximum absolute atomic E-state index is 5.55. The Balaban J connectivity index is 2.92. The van der Waals surface area contributed by atoms with Gasteiger partial charge in [-0.15, -0.1) is 0 Å². The first-order valence-corrected chi connectivity index (χ1v) is 9.42. The highest BCUT2D eigenvalue weighted by Gasteiger charge is 1.94. The van der Waals surface area contributed by atoms with E-state index in [-0.39, 0.29) is 0 Å². The van der Waals surface area contributed by atoms with Crippen LogP contribution in [0, 0.1) is 0 Å². The summed E-state index contributed by atoms with van der Waals surface area (Å²) in [6.07, 6.45) is 10.7. The summed E-state index contributed by atoms with van der Waals surface area (Å²) in [4.78, 5) is 0. The Bertz CT molecular complexity index is 185. The molecule has 0 aliphatic heterocycles. The zero-order chi connectivity index (χ0) is 16.8. The van der Waals surface area contributed by atoms with Crippen LogP contribution in [-0.4, -0.2) is 59.4 Å². The lowest BCUT2D eigenvalue weighted by Gasteiger charge is -2.07. The summed E-state index contributed by atoms with van der Waals surface area (Å²) in [5, 5.41) is 0. The van der Waals surface area contributed by atoms with Crippen molar-refractivity contribution >= 4 is 0 Å². The summed E-state index contributed by atoms with van der Waals surface area (Å²) < 4.78 is 21.5. The van der Waals surface area contributed by atoms with Crippen molar-refractivity contribution in [2.45, 2.75) is 58.3 Å². The van der Waals surface area contributed by atoms with Gasteiger partial charge in [0.05, 0.1) is 46.2 Å². The summed E-state index contributed by atoms with van der Waals surface area (Å²) in [5.41, 5.74) is 5.31. The van der Waals surface area contributed by atoms with Gasteiger partial charge in [0.2, 0.25) is 0 Å². The highest BCUT2D eigenvalue weighted by molar-refractivity contribution is 4.46. The van der Waals surface area contributed by atoms with E-state index < -0.39 is 0 Å². The minimum atomic E-state index is 0.558. The quantitative estimate of drug-likeness (QED) is 0.347. The molecule has 0 aliphatic carbocycles. The van der Waals surface area contributed by atoms with Crippen molar-refractivity contribution in [1.29, 1.82) is 0 Å². The van der Waals surface area contributed by atoms with Crippen LogP contribution in [0.3, 0.4) is 0 Å². The van der Waals surface area contributed by atoms with Gasteiger partial charge in [0, 0.05) is 13.2 Å². The number of rotatable bonds is 20. The lowest BCUT2D eigenvalue weighted by molar-refractivity contribution is -0.00135. The number of ether oxygens (including phenoxy) is 4. The van der Waals surface area contributed by atoms with Crippen LogP contribution in [0.4, 0.5) is 0 Å². The monoisotopic (exact) mass is 333 g/mol. The van der Waals surface area contributed by atoms with Gasteiger partial charge in [-0.2, -0.15) is 0 Å². The molecular formula is C18H39NO4. The van der Waals surface area contributed by atoms with Crippen molar-refractivity contribution < 1.29 is 18.9 Å². The fourth-order valence-electron chi connectivity index (χ4n) is 2.18. The van der Waals surface area contributed by atoms with E-state index >= 15 is 0 Å². The van der Waals surface area contributed by atoms with Gasteiger partial charge in [0.1, 0.15) is 0 Å². The number of hydrogen-bond acceptors (Lipinski definition) is 5. The minimum Gasteiger partial charge on any atom is -0.379 e. The molecule has 140 valence electrons. The Morgan fingerprint density at radius 1 is 0.478 bits per heavy atom. The average molecular weight is 334 g/mol. The van der Waals surface area contributed by atoms with Crippen LogP contribution in [0.5, 0.6) is 0 Å². The molecule has 0 aromatic rings. The smallest absolute Gasteiger partial charge is 0.0701 e. The molecule has 0 aromatic heterocycles. The maximum atomic E-state index is 5.55. The fraction of sp³-hybridized carbons (Fsp3) is 1.00. The lowest BCUT2D eigenvalue weighted by atomic mass is 10.1. The van der Waals surface area contributed by atoms with E-state index in [9.17, 15) is 0 Å². The van der Waals surface area contributed by atoms with Gasteiger partial charge in [-0.3, -0.25) is 0 Å². The fourth-order valence-corrected chi connectivity index (χ4v) is 2.18. The third-order valence-corrected chi connectivity index (χ3v) is 3.52. The third kappa shape index (κ3) is 21.8. The predicted molar refractivity (Wildman–Crippen MR) is 94.9 cm³/mol. The molecule has 0 spiro atoms. The molecule has 0 saturated carbocycles. The normalized spacial score (nSPS) is 11.2. The second-order valence-corrected chi connectivity index (χ2v) is 5.71. The minimum absolute atomic E-state index is 0.558. The van der Waals surface area contributed by atoms with Crippen molar-refractivity contribution in [1.82, 2.24) is 0 Å². The molecule has 5 heteroatoms. The molecule has 0 heterocycles. The molecule has 0 bridgehead atoms. The van der Waals surface area contributed by atoms with Crippen LogP contribution in [-0.2, 0) is 18.9 Å². The molecule has 0 aliphatic rings. The van der Waals surface area contributed by atoms with Crippen molar-refractivity contribution in [3.8, 4) is 0 Å². The molecule has 0 rings (SSSR count). The number of unbranched alkanes of at least 4 members (excludes halogenated alkanes) is 7. The first-order valence-electron chi connectivity index (χ1n) is 9.42. The van der Waals surface area contributed by atoms with Crippen LogP contribution in [0.2, 0.25) is 0 Å². The maximum Gasteiger partial charge on any atom is 0.0701 e. The van der Waals surface area contributed by atoms with Crippen LogP contribution in [0.1, 0.15) is 58.3 Å². The molecule has 0 unspecified atom stereocenters. The Hall–Kier alpha value is -0.200. The summed E-state index contributed by atoms with van der Waals surface area (Å²) in [6, 6.07) is 0. The molecule has 23 heavy (non-hydrogen) atoms. The Morgan fingerprint density at radius 2 is 0.870 bits per heavy atom. The highest BCUT2D eigenvalue weighted by Crippen LogP contribution is 2.08. The van der Waals surface area contributed by atoms with E-state index in [1.807, 2.05) is 0 Å².